The Morgan fingerprint density at radius 3 is 2.70 bits per heavy atom. The summed E-state index contributed by atoms with van der Waals surface area (Å²) in [5, 5.41) is 7.19. The average Bonchev–Trinajstić information content (AvgIpc) is 2.63. The smallest absolute Gasteiger partial charge is 0.191 e. The summed E-state index contributed by atoms with van der Waals surface area (Å²) in [5.74, 6) is 1.73. The maximum atomic E-state index is 6.08. The van der Waals surface area contributed by atoms with Crippen molar-refractivity contribution in [3.63, 3.8) is 0 Å². The lowest BCUT2D eigenvalue weighted by molar-refractivity contribution is 0.119. The summed E-state index contributed by atoms with van der Waals surface area (Å²) in [7, 11) is 1.77. The predicted molar refractivity (Wildman–Crippen MR) is 121 cm³/mol. The number of halogens is 2. The van der Waals surface area contributed by atoms with E-state index in [-0.39, 0.29) is 24.0 Å². The number of aromatic nitrogens is 1. The Labute approximate surface area is 183 Å². The van der Waals surface area contributed by atoms with Gasteiger partial charge in [0.25, 0.3) is 0 Å². The number of rotatable bonds is 7. The van der Waals surface area contributed by atoms with Gasteiger partial charge in [-0.2, -0.15) is 0 Å². The molecule has 5 nitrogen and oxygen atoms in total. The molecule has 7 heteroatoms. The molecule has 0 radical (unpaired) electrons. The second-order valence-corrected chi connectivity index (χ2v) is 6.76. The van der Waals surface area contributed by atoms with E-state index in [0.717, 1.165) is 48.6 Å². The maximum absolute atomic E-state index is 6.08. The van der Waals surface area contributed by atoms with Gasteiger partial charge in [-0.25, -0.2) is 4.98 Å². The van der Waals surface area contributed by atoms with E-state index in [4.69, 9.17) is 16.3 Å². The molecule has 1 aromatic carbocycles. The Hall–Kier alpha value is -1.54. The van der Waals surface area contributed by atoms with Crippen molar-refractivity contribution in [2.75, 3.05) is 13.6 Å². The molecule has 1 saturated carbocycles. The largest absolute Gasteiger partial charge is 0.490 e. The molecule has 1 heterocycles. The van der Waals surface area contributed by atoms with Gasteiger partial charge in [0.15, 0.2) is 5.96 Å². The molecular weight excluding hydrogens is 475 g/mol. The molecule has 1 fully saturated rings. The third-order valence-electron chi connectivity index (χ3n) is 4.48. The number of para-hydroxylation sites is 1. The summed E-state index contributed by atoms with van der Waals surface area (Å²) in [5.41, 5.74) is 2.28. The minimum Gasteiger partial charge on any atom is -0.490 e. The van der Waals surface area contributed by atoms with Crippen LogP contribution in [0.2, 0.25) is 5.15 Å². The van der Waals surface area contributed by atoms with Crippen molar-refractivity contribution in [1.29, 1.82) is 0 Å². The highest BCUT2D eigenvalue weighted by atomic mass is 127. The molecule has 3 rings (SSSR count). The van der Waals surface area contributed by atoms with Crippen molar-refractivity contribution >= 4 is 41.5 Å². The van der Waals surface area contributed by atoms with Crippen molar-refractivity contribution in [3.05, 3.63) is 58.9 Å². The standard InChI is InChI=1S/C20H25ClN4O.HI/c1-22-20(23-12-11-15-9-10-19(21)24-13-15)25-14-16-5-2-3-8-18(16)26-17-6-4-7-17;/h2-3,5,8-10,13,17H,4,6-7,11-12,14H2,1H3,(H2,22,23,25);1H. The molecule has 0 amide bonds. The van der Waals surface area contributed by atoms with Crippen molar-refractivity contribution in [2.24, 2.45) is 4.99 Å². The quantitative estimate of drug-likeness (QED) is 0.259. The van der Waals surface area contributed by atoms with Gasteiger partial charge < -0.3 is 15.4 Å². The van der Waals surface area contributed by atoms with Crippen molar-refractivity contribution in [1.82, 2.24) is 15.6 Å². The van der Waals surface area contributed by atoms with E-state index in [0.29, 0.717) is 17.8 Å². The minimum atomic E-state index is 0. The molecular formula is C20H26ClIN4O. The van der Waals surface area contributed by atoms with Gasteiger partial charge in [0.2, 0.25) is 0 Å². The van der Waals surface area contributed by atoms with Crippen molar-refractivity contribution < 1.29 is 4.74 Å². The number of nitrogens with one attached hydrogen (secondary N) is 2. The van der Waals surface area contributed by atoms with Crippen LogP contribution in [0.5, 0.6) is 5.75 Å². The monoisotopic (exact) mass is 500 g/mol. The molecule has 0 bridgehead atoms. The van der Waals surface area contributed by atoms with Crippen molar-refractivity contribution in [3.8, 4) is 5.75 Å². The lowest BCUT2D eigenvalue weighted by Crippen LogP contribution is -2.38. The van der Waals surface area contributed by atoms with Crippen LogP contribution in [0, 0.1) is 0 Å². The van der Waals surface area contributed by atoms with Crippen molar-refractivity contribution in [2.45, 2.75) is 38.3 Å². The first-order chi connectivity index (χ1) is 12.7. The summed E-state index contributed by atoms with van der Waals surface area (Å²) in [6, 6.07) is 12.0. The van der Waals surface area contributed by atoms with Gasteiger partial charge in [-0.05, 0) is 43.4 Å². The van der Waals surface area contributed by atoms with Crippen LogP contribution < -0.4 is 15.4 Å². The molecule has 0 unspecified atom stereocenters. The molecule has 0 spiro atoms. The molecule has 1 aromatic heterocycles. The van der Waals surface area contributed by atoms with Crippen LogP contribution in [-0.2, 0) is 13.0 Å². The summed E-state index contributed by atoms with van der Waals surface area (Å²) < 4.78 is 6.08. The Morgan fingerprint density at radius 1 is 1.22 bits per heavy atom. The Kier molecular flexibility index (Phi) is 9.14. The Morgan fingerprint density at radius 2 is 2.04 bits per heavy atom. The number of aliphatic imine (C=N–C) groups is 1. The number of nitrogens with zero attached hydrogens (tertiary/aromatic N) is 2. The van der Waals surface area contributed by atoms with Gasteiger partial charge in [-0.15, -0.1) is 24.0 Å². The van der Waals surface area contributed by atoms with E-state index >= 15 is 0 Å². The highest BCUT2D eigenvalue weighted by Gasteiger charge is 2.20. The van der Waals surface area contributed by atoms with Gasteiger partial charge in [0.05, 0.1) is 6.10 Å². The highest BCUT2D eigenvalue weighted by Crippen LogP contribution is 2.27. The summed E-state index contributed by atoms with van der Waals surface area (Å²) in [6.07, 6.45) is 6.61. The molecule has 1 aliphatic rings. The van der Waals surface area contributed by atoms with E-state index in [1.54, 1.807) is 13.2 Å². The number of ether oxygens (including phenoxy) is 1. The van der Waals surface area contributed by atoms with E-state index in [9.17, 15) is 0 Å². The van der Waals surface area contributed by atoms with Gasteiger partial charge in [-0.1, -0.05) is 35.9 Å². The molecule has 2 aromatic rings. The first-order valence-electron chi connectivity index (χ1n) is 9.04. The summed E-state index contributed by atoms with van der Waals surface area (Å²) in [6.45, 7) is 1.44. The van der Waals surface area contributed by atoms with E-state index in [2.05, 4.69) is 26.7 Å². The van der Waals surface area contributed by atoms with E-state index < -0.39 is 0 Å². The molecule has 0 aliphatic heterocycles. The molecule has 0 atom stereocenters. The lowest BCUT2D eigenvalue weighted by Gasteiger charge is -2.27. The SMILES string of the molecule is CN=C(NCCc1ccc(Cl)nc1)NCc1ccccc1OC1CCC1.I. The number of hydrogen-bond donors (Lipinski definition) is 2. The van der Waals surface area contributed by atoms with Crippen LogP contribution in [0.1, 0.15) is 30.4 Å². The first kappa shape index (κ1) is 21.8. The summed E-state index contributed by atoms with van der Waals surface area (Å²) >= 11 is 5.81. The third kappa shape index (κ3) is 6.84. The second-order valence-electron chi connectivity index (χ2n) is 6.37. The third-order valence-corrected chi connectivity index (χ3v) is 4.71. The fourth-order valence-corrected chi connectivity index (χ4v) is 2.82. The molecule has 27 heavy (non-hydrogen) atoms. The van der Waals surface area contributed by atoms with Gasteiger partial charge >= 0.3 is 0 Å². The number of benzene rings is 1. The van der Waals surface area contributed by atoms with Crippen LogP contribution in [0.25, 0.3) is 0 Å². The Bertz CT molecular complexity index is 735. The molecule has 2 N–H and O–H groups in total. The number of hydrogen-bond acceptors (Lipinski definition) is 3. The number of guanidine groups is 1. The minimum absolute atomic E-state index is 0. The second kappa shape index (κ2) is 11.3. The maximum Gasteiger partial charge on any atom is 0.191 e. The average molecular weight is 501 g/mol. The molecule has 1 aliphatic carbocycles. The summed E-state index contributed by atoms with van der Waals surface area (Å²) in [4.78, 5) is 8.38. The van der Waals surface area contributed by atoms with Gasteiger partial charge in [0, 0.05) is 31.9 Å². The van der Waals surface area contributed by atoms with Gasteiger partial charge in [0.1, 0.15) is 10.9 Å². The lowest BCUT2D eigenvalue weighted by atomic mass is 9.96. The molecule has 0 saturated heterocycles. The van der Waals surface area contributed by atoms with E-state index in [1.165, 1.54) is 6.42 Å². The zero-order chi connectivity index (χ0) is 18.2. The van der Waals surface area contributed by atoms with Gasteiger partial charge in [-0.3, -0.25) is 4.99 Å². The zero-order valence-electron chi connectivity index (χ0n) is 15.5. The van der Waals surface area contributed by atoms with E-state index in [1.807, 2.05) is 30.3 Å². The highest BCUT2D eigenvalue weighted by molar-refractivity contribution is 14.0. The normalized spacial score (nSPS) is 14.1. The fraction of sp³-hybridized carbons (Fsp3) is 0.400. The van der Waals surface area contributed by atoms with Crippen LogP contribution in [0.3, 0.4) is 0 Å². The Balaban J connectivity index is 0.00000261. The fourth-order valence-electron chi connectivity index (χ4n) is 2.71. The van der Waals surface area contributed by atoms with Crippen LogP contribution in [0.15, 0.2) is 47.6 Å². The zero-order valence-corrected chi connectivity index (χ0v) is 18.5. The van der Waals surface area contributed by atoms with Crippen LogP contribution in [0.4, 0.5) is 0 Å². The molecule has 146 valence electrons. The predicted octanol–water partition coefficient (Wildman–Crippen LogP) is 4.19. The van der Waals surface area contributed by atoms with Crippen LogP contribution in [-0.4, -0.2) is 30.6 Å². The number of pyridine rings is 1. The topological polar surface area (TPSA) is 58.5 Å². The van der Waals surface area contributed by atoms with Crippen LogP contribution >= 0.6 is 35.6 Å². The first-order valence-corrected chi connectivity index (χ1v) is 9.42.